The number of carbonyl (C=O) groups is 2. The number of allylic oxidation sites excluding steroid dienone is 1. The van der Waals surface area contributed by atoms with E-state index in [2.05, 4.69) is 5.32 Å². The van der Waals surface area contributed by atoms with Crippen molar-refractivity contribution in [1.29, 1.82) is 0 Å². The molecule has 0 atom stereocenters. The summed E-state index contributed by atoms with van der Waals surface area (Å²) in [6.45, 7) is 1.82. The highest BCUT2D eigenvalue weighted by atomic mass is 16.5. The van der Waals surface area contributed by atoms with E-state index in [0.717, 1.165) is 59.6 Å². The van der Waals surface area contributed by atoms with Crippen LogP contribution in [-0.2, 0) is 16.2 Å². The average molecular weight is 460 g/mol. The molecule has 6 rings (SSSR count). The summed E-state index contributed by atoms with van der Waals surface area (Å²) in [4.78, 5) is 24.5. The molecular formula is C29H33NO4. The van der Waals surface area contributed by atoms with E-state index < -0.39 is 0 Å². The van der Waals surface area contributed by atoms with Crippen LogP contribution in [0.2, 0.25) is 0 Å². The Hall–Kier alpha value is -3.08. The van der Waals surface area contributed by atoms with E-state index in [1.165, 1.54) is 26.2 Å². The summed E-state index contributed by atoms with van der Waals surface area (Å²) >= 11 is 0. The van der Waals surface area contributed by atoms with Gasteiger partial charge in [-0.15, -0.1) is 0 Å². The molecule has 34 heavy (non-hydrogen) atoms. The van der Waals surface area contributed by atoms with Crippen LogP contribution in [0.1, 0.15) is 56.6 Å². The van der Waals surface area contributed by atoms with Crippen molar-refractivity contribution in [2.75, 3.05) is 12.4 Å². The number of ketones is 1. The van der Waals surface area contributed by atoms with Crippen molar-refractivity contribution in [2.45, 2.75) is 52.1 Å². The minimum atomic E-state index is -0.107. The van der Waals surface area contributed by atoms with Gasteiger partial charge in [0, 0.05) is 23.6 Å². The first-order chi connectivity index (χ1) is 16.4. The average Bonchev–Trinajstić information content (AvgIpc) is 2.81. The molecule has 1 amide bonds. The first kappa shape index (κ1) is 22.7. The highest BCUT2D eigenvalue weighted by Crippen LogP contribution is 2.60. The van der Waals surface area contributed by atoms with Gasteiger partial charge in [0.15, 0.2) is 5.78 Å². The van der Waals surface area contributed by atoms with Crippen LogP contribution in [-0.4, -0.2) is 18.8 Å². The molecule has 5 nitrogen and oxygen atoms in total. The molecule has 4 saturated carbocycles. The molecule has 4 aliphatic carbocycles. The number of rotatable bonds is 8. The fraction of sp³-hybridized carbons (Fsp3) is 0.448. The van der Waals surface area contributed by atoms with Crippen LogP contribution >= 0.6 is 0 Å². The smallest absolute Gasteiger partial charge is 0.221 e. The van der Waals surface area contributed by atoms with Gasteiger partial charge in [0.1, 0.15) is 18.1 Å². The van der Waals surface area contributed by atoms with Crippen molar-refractivity contribution in [3.63, 3.8) is 0 Å². The Morgan fingerprint density at radius 2 is 1.65 bits per heavy atom. The SMILES string of the molecule is COc1ccc(/C=C/C(=O)C23CC4CC(CC(C4)C2)C3)cc1COc1ccc(NC(C)=O)cc1. The van der Waals surface area contributed by atoms with Crippen molar-refractivity contribution in [3.05, 3.63) is 59.7 Å². The van der Waals surface area contributed by atoms with Crippen LogP contribution < -0.4 is 14.8 Å². The first-order valence-electron chi connectivity index (χ1n) is 12.3. The maximum atomic E-state index is 13.3. The normalized spacial score (nSPS) is 27.1. The van der Waals surface area contributed by atoms with Crippen molar-refractivity contribution in [3.8, 4) is 11.5 Å². The van der Waals surface area contributed by atoms with E-state index in [1.54, 1.807) is 7.11 Å². The van der Waals surface area contributed by atoms with Crippen molar-refractivity contribution >= 4 is 23.5 Å². The van der Waals surface area contributed by atoms with Gasteiger partial charge in [-0.3, -0.25) is 9.59 Å². The molecule has 1 N–H and O–H groups in total. The van der Waals surface area contributed by atoms with E-state index in [1.807, 2.05) is 54.6 Å². The maximum Gasteiger partial charge on any atom is 0.221 e. The summed E-state index contributed by atoms with van der Waals surface area (Å²) in [5, 5.41) is 2.75. The zero-order valence-corrected chi connectivity index (χ0v) is 20.0. The number of amides is 1. The molecule has 5 heteroatoms. The van der Waals surface area contributed by atoms with Gasteiger partial charge in [0.25, 0.3) is 0 Å². The molecule has 0 saturated heterocycles. The Kier molecular flexibility index (Phi) is 6.20. The first-order valence-corrected chi connectivity index (χ1v) is 12.3. The van der Waals surface area contributed by atoms with Gasteiger partial charge in [-0.05, 0) is 104 Å². The topological polar surface area (TPSA) is 64.6 Å². The number of hydrogen-bond donors (Lipinski definition) is 1. The summed E-state index contributed by atoms with van der Waals surface area (Å²) < 4.78 is 11.5. The summed E-state index contributed by atoms with van der Waals surface area (Å²) in [5.74, 6) is 3.96. The molecule has 0 spiro atoms. The molecule has 0 aromatic heterocycles. The second kappa shape index (κ2) is 9.28. The number of ether oxygens (including phenoxy) is 2. The zero-order valence-electron chi connectivity index (χ0n) is 20.0. The third kappa shape index (κ3) is 4.75. The van der Waals surface area contributed by atoms with Crippen LogP contribution in [0.3, 0.4) is 0 Å². The summed E-state index contributed by atoms with van der Waals surface area (Å²) in [5.41, 5.74) is 2.51. The predicted octanol–water partition coefficient (Wildman–Crippen LogP) is 6.03. The highest BCUT2D eigenvalue weighted by Gasteiger charge is 2.53. The standard InChI is InChI=1S/C29H33NO4/c1-19(31)30-25-5-7-26(8-6-25)34-18-24-14-20(3-9-27(24)33-2)4-10-28(32)29-15-21-11-22(16-29)13-23(12-21)17-29/h3-10,14,21-23H,11-13,15-18H2,1-2H3,(H,30,31)/b10-4+. The lowest BCUT2D eigenvalue weighted by Crippen LogP contribution is -2.49. The molecule has 0 radical (unpaired) electrons. The molecular weight excluding hydrogens is 426 g/mol. The Morgan fingerprint density at radius 1 is 1.00 bits per heavy atom. The Balaban J connectivity index is 1.26. The van der Waals surface area contributed by atoms with Crippen LogP contribution in [0.5, 0.6) is 11.5 Å². The lowest BCUT2D eigenvalue weighted by Gasteiger charge is -2.55. The van der Waals surface area contributed by atoms with Gasteiger partial charge in [-0.2, -0.15) is 0 Å². The molecule has 4 aliphatic rings. The van der Waals surface area contributed by atoms with Gasteiger partial charge in [0.05, 0.1) is 7.11 Å². The number of nitrogens with one attached hydrogen (secondary N) is 1. The molecule has 0 aliphatic heterocycles. The number of benzene rings is 2. The van der Waals surface area contributed by atoms with Crippen molar-refractivity contribution in [2.24, 2.45) is 23.2 Å². The molecule has 2 aromatic rings. The zero-order chi connectivity index (χ0) is 23.7. The van der Waals surface area contributed by atoms with E-state index in [-0.39, 0.29) is 11.3 Å². The molecule has 0 heterocycles. The van der Waals surface area contributed by atoms with Gasteiger partial charge in [-0.25, -0.2) is 0 Å². The number of anilines is 1. The van der Waals surface area contributed by atoms with E-state index in [4.69, 9.17) is 9.47 Å². The van der Waals surface area contributed by atoms with Crippen LogP contribution in [0.25, 0.3) is 6.08 Å². The highest BCUT2D eigenvalue weighted by molar-refractivity contribution is 5.98. The van der Waals surface area contributed by atoms with Gasteiger partial charge < -0.3 is 14.8 Å². The second-order valence-corrected chi connectivity index (χ2v) is 10.5. The minimum Gasteiger partial charge on any atom is -0.496 e. The number of methoxy groups -OCH3 is 1. The monoisotopic (exact) mass is 459 g/mol. The van der Waals surface area contributed by atoms with Gasteiger partial charge in [0.2, 0.25) is 5.91 Å². The third-order valence-corrected chi connectivity index (χ3v) is 7.86. The fourth-order valence-electron chi connectivity index (χ4n) is 6.77. The Bertz CT molecular complexity index is 1070. The summed E-state index contributed by atoms with van der Waals surface area (Å²) in [7, 11) is 1.65. The van der Waals surface area contributed by atoms with Crippen LogP contribution in [0.4, 0.5) is 5.69 Å². The number of hydrogen-bond acceptors (Lipinski definition) is 4. The second-order valence-electron chi connectivity index (χ2n) is 10.5. The maximum absolute atomic E-state index is 13.3. The lowest BCUT2D eigenvalue weighted by atomic mass is 9.48. The molecule has 178 valence electrons. The van der Waals surface area contributed by atoms with Gasteiger partial charge in [-0.1, -0.05) is 12.1 Å². The van der Waals surface area contributed by atoms with Gasteiger partial charge >= 0.3 is 0 Å². The minimum absolute atomic E-state index is 0.104. The van der Waals surface area contributed by atoms with Crippen molar-refractivity contribution in [1.82, 2.24) is 0 Å². The molecule has 4 bridgehead atoms. The van der Waals surface area contributed by atoms with E-state index in [9.17, 15) is 9.59 Å². The number of carbonyl (C=O) groups excluding carboxylic acids is 2. The lowest BCUT2D eigenvalue weighted by molar-refractivity contribution is -0.138. The predicted molar refractivity (Wildman–Crippen MR) is 133 cm³/mol. The van der Waals surface area contributed by atoms with E-state index in [0.29, 0.717) is 18.1 Å². The molecule has 2 aromatic carbocycles. The van der Waals surface area contributed by atoms with Crippen LogP contribution in [0.15, 0.2) is 48.5 Å². The molecule has 4 fully saturated rings. The molecule has 0 unspecified atom stereocenters. The third-order valence-electron chi connectivity index (χ3n) is 7.86. The summed E-state index contributed by atoms with van der Waals surface area (Å²) in [6.07, 6.45) is 11.1. The largest absolute Gasteiger partial charge is 0.496 e. The van der Waals surface area contributed by atoms with Crippen LogP contribution in [0, 0.1) is 23.2 Å². The Labute approximate surface area is 201 Å². The van der Waals surface area contributed by atoms with E-state index >= 15 is 0 Å². The Morgan fingerprint density at radius 3 is 2.24 bits per heavy atom. The fourth-order valence-corrected chi connectivity index (χ4v) is 6.77. The summed E-state index contributed by atoms with van der Waals surface area (Å²) in [6, 6.07) is 13.2. The quantitative estimate of drug-likeness (QED) is 0.490. The van der Waals surface area contributed by atoms with Crippen molar-refractivity contribution < 1.29 is 19.1 Å².